The fraction of sp³-hybridized carbons (Fsp3) is 0.583. The van der Waals surface area contributed by atoms with Gasteiger partial charge in [-0.2, -0.15) is 0 Å². The minimum absolute atomic E-state index is 0.433. The van der Waals surface area contributed by atoms with Crippen LogP contribution in [-0.2, 0) is 0 Å². The van der Waals surface area contributed by atoms with Crippen molar-refractivity contribution in [2.24, 2.45) is 0 Å². The van der Waals surface area contributed by atoms with Gasteiger partial charge < -0.3 is 0 Å². The Morgan fingerprint density at radius 3 is 3.00 bits per heavy atom. The number of nitrogens with one attached hydrogen (secondary N) is 1. The van der Waals surface area contributed by atoms with Crippen molar-refractivity contribution < 1.29 is 0 Å². The Balaban J connectivity index is 2.23. The van der Waals surface area contributed by atoms with Crippen LogP contribution in [0.15, 0.2) is 12.3 Å². The fourth-order valence-corrected chi connectivity index (χ4v) is 2.41. The number of nitrogens with zero attached hydrogens (tertiary/aromatic N) is 2. The molecule has 0 spiro atoms. The summed E-state index contributed by atoms with van der Waals surface area (Å²) < 4.78 is 0. The van der Waals surface area contributed by atoms with Gasteiger partial charge in [0.25, 0.3) is 0 Å². The first-order chi connectivity index (χ1) is 7.72. The van der Waals surface area contributed by atoms with E-state index in [0.717, 1.165) is 12.1 Å². The lowest BCUT2D eigenvalue weighted by Crippen LogP contribution is -2.41. The first-order valence-corrected chi connectivity index (χ1v) is 6.16. The summed E-state index contributed by atoms with van der Waals surface area (Å²) in [7, 11) is 1.98. The van der Waals surface area contributed by atoms with Crippen LogP contribution in [0.3, 0.4) is 0 Å². The van der Waals surface area contributed by atoms with E-state index in [-0.39, 0.29) is 0 Å². The maximum atomic E-state index is 5.95. The van der Waals surface area contributed by atoms with Gasteiger partial charge in [-0.1, -0.05) is 18.0 Å². The highest BCUT2D eigenvalue weighted by molar-refractivity contribution is 6.30. The summed E-state index contributed by atoms with van der Waals surface area (Å²) in [6.07, 6.45) is 5.63. The largest absolute Gasteiger partial charge is 0.258 e. The Hall–Kier alpha value is -0.640. The van der Waals surface area contributed by atoms with E-state index in [9.17, 15) is 0 Å². The molecule has 2 rings (SSSR count). The highest BCUT2D eigenvalue weighted by Crippen LogP contribution is 2.30. The van der Waals surface area contributed by atoms with Crippen molar-refractivity contribution in [3.63, 3.8) is 0 Å². The number of aromatic nitrogens is 1. The van der Waals surface area contributed by atoms with Crippen molar-refractivity contribution in [1.82, 2.24) is 15.4 Å². The Bertz CT molecular complexity index is 367. The average molecular weight is 240 g/mol. The van der Waals surface area contributed by atoms with Gasteiger partial charge in [0, 0.05) is 12.7 Å². The molecule has 1 aromatic heterocycles. The van der Waals surface area contributed by atoms with Gasteiger partial charge in [0.1, 0.15) is 5.15 Å². The molecule has 0 aromatic carbocycles. The molecule has 1 fully saturated rings. The maximum Gasteiger partial charge on any atom is 0.131 e. The SMILES string of the molecule is CNN1CCCC[C@H]1c1cnc(Cl)c(C)c1. The number of aryl methyl sites for hydroxylation is 1. The van der Waals surface area contributed by atoms with Crippen molar-refractivity contribution in [2.45, 2.75) is 32.2 Å². The summed E-state index contributed by atoms with van der Waals surface area (Å²) in [4.78, 5) is 4.23. The average Bonchev–Trinajstić information content (AvgIpc) is 2.32. The molecule has 16 heavy (non-hydrogen) atoms. The second kappa shape index (κ2) is 5.13. The van der Waals surface area contributed by atoms with Gasteiger partial charge in [-0.25, -0.2) is 9.99 Å². The summed E-state index contributed by atoms with van der Waals surface area (Å²) in [6, 6.07) is 2.58. The Labute approximate surface area is 102 Å². The van der Waals surface area contributed by atoms with E-state index in [2.05, 4.69) is 21.5 Å². The highest BCUT2D eigenvalue weighted by Gasteiger charge is 2.23. The smallest absolute Gasteiger partial charge is 0.131 e. The zero-order chi connectivity index (χ0) is 11.5. The van der Waals surface area contributed by atoms with Crippen LogP contribution in [0.25, 0.3) is 0 Å². The van der Waals surface area contributed by atoms with E-state index >= 15 is 0 Å². The van der Waals surface area contributed by atoms with Crippen LogP contribution in [0, 0.1) is 6.92 Å². The van der Waals surface area contributed by atoms with Gasteiger partial charge in [-0.15, -0.1) is 0 Å². The maximum absolute atomic E-state index is 5.95. The number of hydrogen-bond donors (Lipinski definition) is 1. The van der Waals surface area contributed by atoms with E-state index in [4.69, 9.17) is 11.6 Å². The molecule has 1 saturated heterocycles. The van der Waals surface area contributed by atoms with Crippen LogP contribution in [0.4, 0.5) is 0 Å². The predicted molar refractivity (Wildman–Crippen MR) is 66.3 cm³/mol. The molecule has 0 bridgehead atoms. The van der Waals surface area contributed by atoms with Crippen LogP contribution < -0.4 is 5.43 Å². The molecule has 0 amide bonds. The molecule has 3 nitrogen and oxygen atoms in total. The fourth-order valence-electron chi connectivity index (χ4n) is 2.31. The minimum Gasteiger partial charge on any atom is -0.258 e. The standard InChI is InChI=1S/C12H18ClN3/c1-9-7-10(8-15-12(9)13)11-5-3-4-6-16(11)14-2/h7-8,11,14H,3-6H2,1-2H3/t11-/m0/s1. The monoisotopic (exact) mass is 239 g/mol. The normalized spacial score (nSPS) is 22.3. The lowest BCUT2D eigenvalue weighted by molar-refractivity contribution is 0.0982. The third-order valence-corrected chi connectivity index (χ3v) is 3.61. The van der Waals surface area contributed by atoms with Gasteiger partial charge in [0.2, 0.25) is 0 Å². The first-order valence-electron chi connectivity index (χ1n) is 5.78. The molecule has 1 atom stereocenters. The summed E-state index contributed by atoms with van der Waals surface area (Å²) in [5, 5.41) is 2.89. The second-order valence-electron chi connectivity index (χ2n) is 4.30. The molecule has 1 aliphatic rings. The van der Waals surface area contributed by atoms with Gasteiger partial charge in [-0.05, 0) is 44.0 Å². The lowest BCUT2D eigenvalue weighted by atomic mass is 9.97. The second-order valence-corrected chi connectivity index (χ2v) is 4.66. The number of hydrogen-bond acceptors (Lipinski definition) is 3. The van der Waals surface area contributed by atoms with Crippen LogP contribution in [-0.4, -0.2) is 23.6 Å². The first kappa shape index (κ1) is 11.8. The molecular weight excluding hydrogens is 222 g/mol. The Morgan fingerprint density at radius 2 is 2.31 bits per heavy atom. The van der Waals surface area contributed by atoms with Crippen LogP contribution in [0.5, 0.6) is 0 Å². The Morgan fingerprint density at radius 1 is 1.50 bits per heavy atom. The Kier molecular flexibility index (Phi) is 3.79. The molecule has 1 aliphatic heterocycles. The van der Waals surface area contributed by atoms with E-state index in [1.54, 1.807) is 0 Å². The van der Waals surface area contributed by atoms with E-state index in [1.165, 1.54) is 24.8 Å². The van der Waals surface area contributed by atoms with Crippen LogP contribution in [0.1, 0.15) is 36.4 Å². The molecule has 88 valence electrons. The molecular formula is C12H18ClN3. The van der Waals surface area contributed by atoms with Gasteiger partial charge in [0.15, 0.2) is 0 Å². The minimum atomic E-state index is 0.433. The molecule has 0 unspecified atom stereocenters. The van der Waals surface area contributed by atoms with Crippen molar-refractivity contribution in [1.29, 1.82) is 0 Å². The molecule has 0 aliphatic carbocycles. The topological polar surface area (TPSA) is 28.2 Å². The van der Waals surface area contributed by atoms with Crippen LogP contribution in [0.2, 0.25) is 5.15 Å². The van der Waals surface area contributed by atoms with Crippen molar-refractivity contribution >= 4 is 11.6 Å². The number of rotatable bonds is 2. The molecule has 1 aromatic rings. The lowest BCUT2D eigenvalue weighted by Gasteiger charge is -2.35. The third-order valence-electron chi connectivity index (χ3n) is 3.21. The van der Waals surface area contributed by atoms with Crippen molar-refractivity contribution in [3.8, 4) is 0 Å². The summed E-state index contributed by atoms with van der Waals surface area (Å²) >= 11 is 5.95. The van der Waals surface area contributed by atoms with Gasteiger partial charge >= 0.3 is 0 Å². The van der Waals surface area contributed by atoms with Crippen molar-refractivity contribution in [2.75, 3.05) is 13.6 Å². The number of piperidine rings is 1. The van der Waals surface area contributed by atoms with E-state index < -0.39 is 0 Å². The highest BCUT2D eigenvalue weighted by atomic mass is 35.5. The zero-order valence-electron chi connectivity index (χ0n) is 9.83. The molecule has 0 saturated carbocycles. The molecule has 0 radical (unpaired) electrons. The predicted octanol–water partition coefficient (Wildman–Crippen LogP) is 2.70. The third kappa shape index (κ3) is 2.37. The number of pyridine rings is 1. The van der Waals surface area contributed by atoms with E-state index in [0.29, 0.717) is 11.2 Å². The summed E-state index contributed by atoms with van der Waals surface area (Å²) in [6.45, 7) is 3.11. The van der Waals surface area contributed by atoms with Crippen LogP contribution >= 0.6 is 11.6 Å². The van der Waals surface area contributed by atoms with Gasteiger partial charge in [0.05, 0.1) is 6.04 Å². The molecule has 4 heteroatoms. The number of halogens is 1. The molecule has 2 heterocycles. The zero-order valence-corrected chi connectivity index (χ0v) is 10.6. The summed E-state index contributed by atoms with van der Waals surface area (Å²) in [5.74, 6) is 0. The quantitative estimate of drug-likeness (QED) is 0.805. The van der Waals surface area contributed by atoms with Crippen molar-refractivity contribution in [3.05, 3.63) is 28.5 Å². The van der Waals surface area contributed by atoms with E-state index in [1.807, 2.05) is 20.2 Å². The molecule has 1 N–H and O–H groups in total. The number of hydrazine groups is 1. The summed E-state index contributed by atoms with van der Waals surface area (Å²) in [5.41, 5.74) is 5.58. The van der Waals surface area contributed by atoms with Gasteiger partial charge in [-0.3, -0.25) is 5.43 Å².